The van der Waals surface area contributed by atoms with Gasteiger partial charge in [0.25, 0.3) is 0 Å². The number of aromatic nitrogens is 1. The minimum Gasteiger partial charge on any atom is -0.380 e. The van der Waals surface area contributed by atoms with Crippen molar-refractivity contribution in [3.05, 3.63) is 35.0 Å². The second-order valence-electron chi connectivity index (χ2n) is 5.29. The van der Waals surface area contributed by atoms with Crippen molar-refractivity contribution in [2.24, 2.45) is 0 Å². The molecule has 20 heavy (non-hydrogen) atoms. The molecular formula is C15H17ClN2O2. The first-order valence-electron chi connectivity index (χ1n) is 6.69. The largest absolute Gasteiger partial charge is 0.380 e. The molecule has 1 heterocycles. The molecular weight excluding hydrogens is 276 g/mol. The highest BCUT2D eigenvalue weighted by Gasteiger charge is 2.39. The van der Waals surface area contributed by atoms with E-state index in [1.54, 1.807) is 7.11 Å². The summed E-state index contributed by atoms with van der Waals surface area (Å²) in [5.74, 6) is 1.17. The molecule has 0 unspecified atom stereocenters. The lowest BCUT2D eigenvalue weighted by Gasteiger charge is -2.39. The number of rotatable bonds is 4. The zero-order valence-electron chi connectivity index (χ0n) is 11.4. The average molecular weight is 293 g/mol. The van der Waals surface area contributed by atoms with Crippen molar-refractivity contribution in [1.29, 1.82) is 0 Å². The van der Waals surface area contributed by atoms with Gasteiger partial charge >= 0.3 is 0 Å². The molecule has 1 aromatic heterocycles. The van der Waals surface area contributed by atoms with Crippen LogP contribution in [0.3, 0.4) is 0 Å². The number of ether oxygens (including phenoxy) is 1. The quantitative estimate of drug-likeness (QED) is 0.933. The van der Waals surface area contributed by atoms with Gasteiger partial charge in [-0.15, -0.1) is 0 Å². The summed E-state index contributed by atoms with van der Waals surface area (Å²) in [6.07, 6.45) is 3.96. The maximum Gasteiger partial charge on any atom is 0.175 e. The summed E-state index contributed by atoms with van der Waals surface area (Å²) in [6.45, 7) is 0. The zero-order valence-corrected chi connectivity index (χ0v) is 12.1. The van der Waals surface area contributed by atoms with Crippen molar-refractivity contribution in [3.8, 4) is 11.1 Å². The van der Waals surface area contributed by atoms with Crippen LogP contribution in [0.2, 0.25) is 5.02 Å². The molecule has 1 aromatic carbocycles. The van der Waals surface area contributed by atoms with E-state index in [4.69, 9.17) is 26.6 Å². The molecule has 0 atom stereocenters. The number of nitrogens with two attached hydrogens (primary N) is 1. The summed E-state index contributed by atoms with van der Waals surface area (Å²) in [5.41, 5.74) is 7.59. The van der Waals surface area contributed by atoms with E-state index < -0.39 is 0 Å². The molecule has 0 spiro atoms. The molecule has 2 aromatic rings. The van der Waals surface area contributed by atoms with Crippen LogP contribution in [0.5, 0.6) is 0 Å². The van der Waals surface area contributed by atoms with Gasteiger partial charge in [-0.25, -0.2) is 0 Å². The van der Waals surface area contributed by atoms with Crippen LogP contribution in [0.4, 0.5) is 5.82 Å². The van der Waals surface area contributed by atoms with Crippen LogP contribution in [0.25, 0.3) is 11.1 Å². The van der Waals surface area contributed by atoms with Gasteiger partial charge < -0.3 is 15.0 Å². The third-order valence-electron chi connectivity index (χ3n) is 4.08. The van der Waals surface area contributed by atoms with Crippen molar-refractivity contribution in [3.63, 3.8) is 0 Å². The molecule has 1 fully saturated rings. The fraction of sp³-hybridized carbons (Fsp3) is 0.400. The Kier molecular flexibility index (Phi) is 3.44. The number of benzene rings is 1. The van der Waals surface area contributed by atoms with Gasteiger partial charge in [-0.1, -0.05) is 28.9 Å². The van der Waals surface area contributed by atoms with Crippen molar-refractivity contribution in [1.82, 2.24) is 5.16 Å². The summed E-state index contributed by atoms with van der Waals surface area (Å²) < 4.78 is 11.1. The first-order valence-corrected chi connectivity index (χ1v) is 7.06. The van der Waals surface area contributed by atoms with Gasteiger partial charge in [0.2, 0.25) is 0 Å². The van der Waals surface area contributed by atoms with Crippen molar-refractivity contribution >= 4 is 17.4 Å². The summed E-state index contributed by atoms with van der Waals surface area (Å²) in [5, 5.41) is 4.57. The smallest absolute Gasteiger partial charge is 0.175 e. The Morgan fingerprint density at radius 2 is 2.25 bits per heavy atom. The predicted molar refractivity (Wildman–Crippen MR) is 78.7 cm³/mol. The third-order valence-corrected chi connectivity index (χ3v) is 4.32. The lowest BCUT2D eigenvalue weighted by atomic mass is 9.76. The van der Waals surface area contributed by atoms with E-state index in [9.17, 15) is 0 Å². The molecule has 1 saturated carbocycles. The van der Waals surface area contributed by atoms with E-state index >= 15 is 0 Å². The monoisotopic (exact) mass is 292 g/mol. The number of nitrogen functional groups attached to an aromatic ring is 1. The van der Waals surface area contributed by atoms with Gasteiger partial charge in [-0.3, -0.25) is 0 Å². The van der Waals surface area contributed by atoms with Crippen molar-refractivity contribution < 1.29 is 9.26 Å². The fourth-order valence-corrected chi connectivity index (χ4v) is 2.92. The molecule has 1 aliphatic rings. The summed E-state index contributed by atoms with van der Waals surface area (Å²) >= 11 is 6.05. The standard InChI is InChI=1S/C15H17ClN2O2/c1-19-15(6-3-7-15)9-12-13(14(17)18-20-12)10-4-2-5-11(16)8-10/h2,4-5,8H,3,6-7,9H2,1H3,(H2,17,18). The van der Waals surface area contributed by atoms with E-state index in [-0.39, 0.29) is 5.60 Å². The van der Waals surface area contributed by atoms with Crippen LogP contribution >= 0.6 is 11.6 Å². The number of halogens is 1. The molecule has 4 nitrogen and oxygen atoms in total. The first kappa shape index (κ1) is 13.5. The Morgan fingerprint density at radius 1 is 1.45 bits per heavy atom. The van der Waals surface area contributed by atoms with Crippen LogP contribution in [-0.4, -0.2) is 17.9 Å². The molecule has 0 radical (unpaired) electrons. The van der Waals surface area contributed by atoms with Crippen molar-refractivity contribution in [2.75, 3.05) is 12.8 Å². The zero-order chi connectivity index (χ0) is 14.2. The molecule has 2 N–H and O–H groups in total. The second-order valence-corrected chi connectivity index (χ2v) is 5.73. The molecule has 1 aliphatic carbocycles. The summed E-state index contributed by atoms with van der Waals surface area (Å²) in [4.78, 5) is 0. The van der Waals surface area contributed by atoms with Gasteiger partial charge in [0.15, 0.2) is 5.82 Å². The minimum absolute atomic E-state index is 0.126. The van der Waals surface area contributed by atoms with Gasteiger partial charge in [-0.05, 0) is 37.0 Å². The van der Waals surface area contributed by atoms with Gasteiger partial charge in [-0.2, -0.15) is 0 Å². The highest BCUT2D eigenvalue weighted by atomic mass is 35.5. The molecule has 0 amide bonds. The number of anilines is 1. The molecule has 0 bridgehead atoms. The molecule has 3 rings (SSSR count). The van der Waals surface area contributed by atoms with Gasteiger partial charge in [0.1, 0.15) is 5.76 Å². The van der Waals surface area contributed by atoms with E-state index in [1.807, 2.05) is 24.3 Å². The van der Waals surface area contributed by atoms with E-state index in [1.165, 1.54) is 6.42 Å². The van der Waals surface area contributed by atoms with Crippen LogP contribution in [-0.2, 0) is 11.2 Å². The predicted octanol–water partition coefficient (Wildman–Crippen LogP) is 3.69. The van der Waals surface area contributed by atoms with Crippen LogP contribution < -0.4 is 5.73 Å². The Balaban J connectivity index is 1.97. The molecule has 5 heteroatoms. The SMILES string of the molecule is COC1(Cc2onc(N)c2-c2cccc(Cl)c2)CCC1. The van der Waals surface area contributed by atoms with Gasteiger partial charge in [0, 0.05) is 18.6 Å². The van der Waals surface area contributed by atoms with Crippen LogP contribution in [0.1, 0.15) is 25.0 Å². The summed E-state index contributed by atoms with van der Waals surface area (Å²) in [6, 6.07) is 7.55. The van der Waals surface area contributed by atoms with E-state index in [0.29, 0.717) is 17.3 Å². The normalized spacial score (nSPS) is 16.9. The molecule has 106 valence electrons. The number of hydrogen-bond acceptors (Lipinski definition) is 4. The molecule has 0 aliphatic heterocycles. The second kappa shape index (κ2) is 5.11. The van der Waals surface area contributed by atoms with Crippen LogP contribution in [0, 0.1) is 0 Å². The highest BCUT2D eigenvalue weighted by Crippen LogP contribution is 2.41. The van der Waals surface area contributed by atoms with E-state index in [2.05, 4.69) is 5.16 Å². The summed E-state index contributed by atoms with van der Waals surface area (Å²) in [7, 11) is 1.75. The first-order chi connectivity index (χ1) is 9.63. The Labute approximate surface area is 122 Å². The topological polar surface area (TPSA) is 61.3 Å². The lowest BCUT2D eigenvalue weighted by molar-refractivity contribution is -0.0742. The number of hydrogen-bond donors (Lipinski definition) is 1. The molecule has 0 saturated heterocycles. The Hall–Kier alpha value is -1.52. The minimum atomic E-state index is -0.126. The lowest BCUT2D eigenvalue weighted by Crippen LogP contribution is -2.41. The highest BCUT2D eigenvalue weighted by molar-refractivity contribution is 6.30. The van der Waals surface area contributed by atoms with Crippen LogP contribution in [0.15, 0.2) is 28.8 Å². The van der Waals surface area contributed by atoms with E-state index in [0.717, 1.165) is 29.7 Å². The average Bonchev–Trinajstić information content (AvgIpc) is 2.75. The van der Waals surface area contributed by atoms with Crippen molar-refractivity contribution in [2.45, 2.75) is 31.3 Å². The Bertz CT molecular complexity index is 615. The third kappa shape index (κ3) is 2.30. The maximum atomic E-state index is 6.05. The Morgan fingerprint density at radius 3 is 2.85 bits per heavy atom. The fourth-order valence-electron chi connectivity index (χ4n) is 2.73. The number of methoxy groups -OCH3 is 1. The maximum absolute atomic E-state index is 6.05. The van der Waals surface area contributed by atoms with Gasteiger partial charge in [0.05, 0.1) is 11.2 Å². The number of nitrogens with zero attached hydrogens (tertiary/aromatic N) is 1.